The molecule has 18 heavy (non-hydrogen) atoms. The lowest BCUT2D eigenvalue weighted by Gasteiger charge is -2.30. The van der Waals surface area contributed by atoms with E-state index in [0.29, 0.717) is 11.5 Å². The molecule has 2 nitrogen and oxygen atoms in total. The van der Waals surface area contributed by atoms with Crippen LogP contribution >= 0.6 is 0 Å². The molecule has 0 bridgehead atoms. The number of likely N-dealkylation sites (tertiary alicyclic amines) is 1. The van der Waals surface area contributed by atoms with E-state index in [1.165, 1.54) is 45.3 Å². The zero-order valence-corrected chi connectivity index (χ0v) is 13.3. The topological polar surface area (TPSA) is 15.3 Å². The highest BCUT2D eigenvalue weighted by atomic mass is 15.1. The van der Waals surface area contributed by atoms with Gasteiger partial charge in [0.2, 0.25) is 0 Å². The van der Waals surface area contributed by atoms with E-state index in [-0.39, 0.29) is 0 Å². The van der Waals surface area contributed by atoms with Crippen molar-refractivity contribution in [1.29, 1.82) is 0 Å². The highest BCUT2D eigenvalue weighted by molar-refractivity contribution is 4.79. The van der Waals surface area contributed by atoms with Crippen molar-refractivity contribution in [2.45, 2.75) is 66.3 Å². The molecule has 1 aliphatic heterocycles. The summed E-state index contributed by atoms with van der Waals surface area (Å²) >= 11 is 0. The standard InChI is InChI=1S/C16H34N2/c1-6-17-14(2)9-12-18-11-7-8-15(10-13-18)16(3,4)5/h14-15,17H,6-13H2,1-5H3. The smallest absolute Gasteiger partial charge is 0.00507 e. The monoisotopic (exact) mass is 254 g/mol. The van der Waals surface area contributed by atoms with E-state index in [2.05, 4.69) is 44.8 Å². The zero-order valence-electron chi connectivity index (χ0n) is 13.3. The molecule has 0 aromatic rings. The predicted molar refractivity (Wildman–Crippen MR) is 81.0 cm³/mol. The van der Waals surface area contributed by atoms with Crippen molar-refractivity contribution in [2.24, 2.45) is 11.3 Å². The summed E-state index contributed by atoms with van der Waals surface area (Å²) in [5.41, 5.74) is 0.493. The molecule has 1 rings (SSSR count). The first-order valence-corrected chi connectivity index (χ1v) is 7.89. The molecular formula is C16H34N2. The first-order chi connectivity index (χ1) is 8.43. The number of rotatable bonds is 5. The van der Waals surface area contributed by atoms with Crippen molar-refractivity contribution in [2.75, 3.05) is 26.2 Å². The molecule has 0 radical (unpaired) electrons. The lowest BCUT2D eigenvalue weighted by molar-refractivity contribution is 0.206. The summed E-state index contributed by atoms with van der Waals surface area (Å²) in [7, 11) is 0. The number of hydrogen-bond acceptors (Lipinski definition) is 2. The van der Waals surface area contributed by atoms with Crippen LogP contribution in [0.5, 0.6) is 0 Å². The molecule has 0 aromatic carbocycles. The summed E-state index contributed by atoms with van der Waals surface area (Å²) in [4.78, 5) is 2.68. The van der Waals surface area contributed by atoms with Crippen molar-refractivity contribution in [3.63, 3.8) is 0 Å². The molecule has 108 valence electrons. The Labute approximate surface area is 115 Å². The third-order valence-electron chi connectivity index (χ3n) is 4.48. The molecule has 2 heteroatoms. The van der Waals surface area contributed by atoms with Gasteiger partial charge in [-0.2, -0.15) is 0 Å². The third-order valence-corrected chi connectivity index (χ3v) is 4.48. The van der Waals surface area contributed by atoms with E-state index in [4.69, 9.17) is 0 Å². The van der Waals surface area contributed by atoms with Gasteiger partial charge in [-0.05, 0) is 70.1 Å². The molecular weight excluding hydrogens is 220 g/mol. The summed E-state index contributed by atoms with van der Waals surface area (Å²) in [6, 6.07) is 0.664. The Kier molecular flexibility index (Phi) is 6.65. The molecule has 0 aromatic heterocycles. The van der Waals surface area contributed by atoms with Crippen LogP contribution in [0, 0.1) is 11.3 Å². The van der Waals surface area contributed by atoms with Gasteiger partial charge in [0.25, 0.3) is 0 Å². The maximum atomic E-state index is 3.51. The third kappa shape index (κ3) is 5.71. The molecule has 0 amide bonds. The van der Waals surface area contributed by atoms with Gasteiger partial charge in [-0.25, -0.2) is 0 Å². The lowest BCUT2D eigenvalue weighted by atomic mass is 9.77. The molecule has 1 fully saturated rings. The first-order valence-electron chi connectivity index (χ1n) is 7.89. The largest absolute Gasteiger partial charge is 0.314 e. The van der Waals surface area contributed by atoms with Crippen molar-refractivity contribution in [1.82, 2.24) is 10.2 Å². The van der Waals surface area contributed by atoms with E-state index in [1.54, 1.807) is 0 Å². The second-order valence-electron chi connectivity index (χ2n) is 7.08. The number of nitrogens with zero attached hydrogens (tertiary/aromatic N) is 1. The van der Waals surface area contributed by atoms with Crippen LogP contribution in [0.25, 0.3) is 0 Å². The van der Waals surface area contributed by atoms with Gasteiger partial charge in [-0.15, -0.1) is 0 Å². The summed E-state index contributed by atoms with van der Waals surface area (Å²) in [6.45, 7) is 16.7. The Balaban J connectivity index is 2.29. The first kappa shape index (κ1) is 16.0. The zero-order chi connectivity index (χ0) is 13.6. The fourth-order valence-corrected chi connectivity index (χ4v) is 3.07. The van der Waals surface area contributed by atoms with Crippen molar-refractivity contribution in [3.05, 3.63) is 0 Å². The Morgan fingerprint density at radius 2 is 1.94 bits per heavy atom. The number of nitrogens with one attached hydrogen (secondary N) is 1. The minimum Gasteiger partial charge on any atom is -0.314 e. The van der Waals surface area contributed by atoms with Gasteiger partial charge in [0.15, 0.2) is 0 Å². The van der Waals surface area contributed by atoms with Crippen LogP contribution in [0.3, 0.4) is 0 Å². The molecule has 1 saturated heterocycles. The van der Waals surface area contributed by atoms with Crippen LogP contribution in [-0.2, 0) is 0 Å². The highest BCUT2D eigenvalue weighted by Gasteiger charge is 2.26. The second kappa shape index (κ2) is 7.49. The van der Waals surface area contributed by atoms with E-state index in [0.717, 1.165) is 12.5 Å². The summed E-state index contributed by atoms with van der Waals surface area (Å²) < 4.78 is 0. The van der Waals surface area contributed by atoms with Crippen molar-refractivity contribution >= 4 is 0 Å². The minimum absolute atomic E-state index is 0.493. The quantitative estimate of drug-likeness (QED) is 0.807. The van der Waals surface area contributed by atoms with Gasteiger partial charge in [-0.1, -0.05) is 27.7 Å². The molecule has 0 spiro atoms. The molecule has 1 aliphatic rings. The van der Waals surface area contributed by atoms with Crippen LogP contribution in [0.15, 0.2) is 0 Å². The maximum absolute atomic E-state index is 3.51. The average Bonchev–Trinajstić information content (AvgIpc) is 2.51. The van der Waals surface area contributed by atoms with Crippen molar-refractivity contribution in [3.8, 4) is 0 Å². The SMILES string of the molecule is CCNC(C)CCN1CCCC(C(C)(C)C)CC1. The lowest BCUT2D eigenvalue weighted by Crippen LogP contribution is -2.33. The Bertz CT molecular complexity index is 220. The van der Waals surface area contributed by atoms with E-state index >= 15 is 0 Å². The van der Waals surface area contributed by atoms with Gasteiger partial charge in [0.05, 0.1) is 0 Å². The van der Waals surface area contributed by atoms with Gasteiger partial charge in [0, 0.05) is 6.04 Å². The predicted octanol–water partition coefficient (Wildman–Crippen LogP) is 3.52. The van der Waals surface area contributed by atoms with Crippen LogP contribution < -0.4 is 5.32 Å². The van der Waals surface area contributed by atoms with Crippen LogP contribution in [-0.4, -0.2) is 37.1 Å². The average molecular weight is 254 g/mol. The molecule has 0 saturated carbocycles. The molecule has 1 N–H and O–H groups in total. The highest BCUT2D eigenvalue weighted by Crippen LogP contribution is 2.34. The Hall–Kier alpha value is -0.0800. The van der Waals surface area contributed by atoms with Gasteiger partial charge in [0.1, 0.15) is 0 Å². The molecule has 2 atom stereocenters. The van der Waals surface area contributed by atoms with Gasteiger partial charge >= 0.3 is 0 Å². The fourth-order valence-electron chi connectivity index (χ4n) is 3.07. The molecule has 2 unspecified atom stereocenters. The van der Waals surface area contributed by atoms with Gasteiger partial charge in [-0.3, -0.25) is 0 Å². The van der Waals surface area contributed by atoms with Crippen LogP contribution in [0.2, 0.25) is 0 Å². The molecule has 1 heterocycles. The summed E-state index contributed by atoms with van der Waals surface area (Å²) in [5, 5.41) is 3.51. The summed E-state index contributed by atoms with van der Waals surface area (Å²) in [5.74, 6) is 0.911. The maximum Gasteiger partial charge on any atom is 0.00507 e. The number of hydrogen-bond donors (Lipinski definition) is 1. The Morgan fingerprint density at radius 1 is 1.22 bits per heavy atom. The van der Waals surface area contributed by atoms with E-state index < -0.39 is 0 Å². The van der Waals surface area contributed by atoms with Crippen LogP contribution in [0.4, 0.5) is 0 Å². The molecule has 0 aliphatic carbocycles. The van der Waals surface area contributed by atoms with Gasteiger partial charge < -0.3 is 10.2 Å². The minimum atomic E-state index is 0.493. The summed E-state index contributed by atoms with van der Waals surface area (Å²) in [6.07, 6.45) is 5.48. The van der Waals surface area contributed by atoms with Crippen LogP contribution in [0.1, 0.15) is 60.3 Å². The fraction of sp³-hybridized carbons (Fsp3) is 1.00. The van der Waals surface area contributed by atoms with E-state index in [1.807, 2.05) is 0 Å². The Morgan fingerprint density at radius 3 is 2.56 bits per heavy atom. The van der Waals surface area contributed by atoms with Crippen molar-refractivity contribution < 1.29 is 0 Å². The second-order valence-corrected chi connectivity index (χ2v) is 7.08. The normalized spacial score (nSPS) is 24.8. The van der Waals surface area contributed by atoms with E-state index in [9.17, 15) is 0 Å².